The fourth-order valence-electron chi connectivity index (χ4n) is 4.37. The summed E-state index contributed by atoms with van der Waals surface area (Å²) < 4.78 is 24.9. The van der Waals surface area contributed by atoms with Gasteiger partial charge in [0.1, 0.15) is 12.4 Å². The number of phosphoric acid groups is 1. The number of Topliss-reactive ketones (excluding diaryl/α,β-unsaturated/α-hetero) is 1. The van der Waals surface area contributed by atoms with Crippen LogP contribution in [-0.2, 0) is 32.9 Å². The van der Waals surface area contributed by atoms with Crippen LogP contribution in [0.5, 0.6) is 0 Å². The van der Waals surface area contributed by atoms with Crippen molar-refractivity contribution in [2.45, 2.75) is 102 Å². The van der Waals surface area contributed by atoms with Gasteiger partial charge in [-0.2, -0.15) is 0 Å². The highest BCUT2D eigenvalue weighted by atomic mass is 31.2. The summed E-state index contributed by atoms with van der Waals surface area (Å²) in [5.74, 6) is -2.36. The highest BCUT2D eigenvalue weighted by molar-refractivity contribution is 7.46. The van der Waals surface area contributed by atoms with Crippen molar-refractivity contribution < 1.29 is 58.1 Å². The van der Waals surface area contributed by atoms with Crippen LogP contribution < -0.4 is 0 Å². The zero-order valence-corrected chi connectivity index (χ0v) is 23.0. The Morgan fingerprint density at radius 1 is 1.03 bits per heavy atom. The first-order chi connectivity index (χ1) is 17.8. The van der Waals surface area contributed by atoms with Gasteiger partial charge in [-0.25, -0.2) is 4.57 Å². The molecule has 5 N–H and O–H groups in total. The lowest BCUT2D eigenvalue weighted by Gasteiger charge is -2.20. The van der Waals surface area contributed by atoms with Crippen LogP contribution in [-0.4, -0.2) is 80.5 Å². The van der Waals surface area contributed by atoms with E-state index >= 15 is 0 Å². The topological polar surface area (TPSA) is 197 Å². The SMILES string of the molecule is CCCCC[C@H](O)/C=C/[C@@H]1[C@@H](CC(=O)CCCCC(=O)OC[C@H](COP(=O)(O)O)OC(C)=O)[C@@H](O)C[C@H]1O. The minimum atomic E-state index is -4.79. The third kappa shape index (κ3) is 15.1. The summed E-state index contributed by atoms with van der Waals surface area (Å²) >= 11 is 0. The monoisotopic (exact) mass is 566 g/mol. The Morgan fingerprint density at radius 3 is 2.34 bits per heavy atom. The standard InChI is InChI=1S/C25H43O12P/c1-3-4-5-8-18(27)11-12-21-22(24(30)14-23(21)29)13-19(28)9-6-7-10-25(31)35-15-20(37-17(2)26)16-36-38(32,33)34/h11-12,18,20-24,27,29-30H,3-10,13-16H2,1-2H3,(H2,32,33,34)/b12-11+/t18-,20+,21+,22+,23+,24-/m0/s1. The first-order valence-electron chi connectivity index (χ1n) is 13.1. The van der Waals surface area contributed by atoms with Gasteiger partial charge < -0.3 is 34.6 Å². The number of hydrogen-bond donors (Lipinski definition) is 5. The van der Waals surface area contributed by atoms with Crippen molar-refractivity contribution in [3.8, 4) is 0 Å². The number of aliphatic hydroxyl groups excluding tert-OH is 3. The maximum atomic E-state index is 12.5. The number of unbranched alkanes of at least 4 members (excludes halogenated alkanes) is 3. The quantitative estimate of drug-likeness (QED) is 0.0660. The average Bonchev–Trinajstić information content (AvgIpc) is 3.08. The Morgan fingerprint density at radius 2 is 1.71 bits per heavy atom. The summed E-state index contributed by atoms with van der Waals surface area (Å²) in [7, 11) is -4.79. The third-order valence-corrected chi connectivity index (χ3v) is 6.80. The molecule has 0 aliphatic heterocycles. The number of carbonyl (C=O) groups is 3. The maximum Gasteiger partial charge on any atom is 0.469 e. The van der Waals surface area contributed by atoms with Crippen LogP contribution in [0.3, 0.4) is 0 Å². The number of esters is 2. The number of hydrogen-bond acceptors (Lipinski definition) is 10. The predicted molar refractivity (Wildman–Crippen MR) is 136 cm³/mol. The molecule has 0 saturated heterocycles. The van der Waals surface area contributed by atoms with E-state index in [4.69, 9.17) is 19.3 Å². The molecule has 0 aromatic rings. The summed E-state index contributed by atoms with van der Waals surface area (Å²) in [4.78, 5) is 53.1. The molecule has 0 aromatic heterocycles. The lowest BCUT2D eigenvalue weighted by Crippen LogP contribution is -2.28. The highest BCUT2D eigenvalue weighted by Crippen LogP contribution is 2.37. The maximum absolute atomic E-state index is 12.5. The summed E-state index contributed by atoms with van der Waals surface area (Å²) in [6, 6.07) is 0. The van der Waals surface area contributed by atoms with Gasteiger partial charge in [0.25, 0.3) is 0 Å². The minimum Gasteiger partial charge on any atom is -0.462 e. The van der Waals surface area contributed by atoms with Crippen LogP contribution in [0.15, 0.2) is 12.2 Å². The van der Waals surface area contributed by atoms with Gasteiger partial charge in [0.15, 0.2) is 6.10 Å². The van der Waals surface area contributed by atoms with E-state index in [-0.39, 0.29) is 31.5 Å². The fraction of sp³-hybridized carbons (Fsp3) is 0.800. The molecule has 1 aliphatic rings. The molecule has 1 fully saturated rings. The van der Waals surface area contributed by atoms with Crippen LogP contribution in [0, 0.1) is 11.8 Å². The second kappa shape index (κ2) is 17.8. The molecular formula is C25H43O12P. The zero-order chi connectivity index (χ0) is 28.7. The summed E-state index contributed by atoms with van der Waals surface area (Å²) in [5.41, 5.74) is 0. The average molecular weight is 567 g/mol. The molecule has 0 aromatic carbocycles. The largest absolute Gasteiger partial charge is 0.469 e. The van der Waals surface area contributed by atoms with Gasteiger partial charge in [-0.15, -0.1) is 0 Å². The van der Waals surface area contributed by atoms with E-state index < -0.39 is 69.2 Å². The van der Waals surface area contributed by atoms with E-state index in [2.05, 4.69) is 11.4 Å². The normalized spacial score (nSPS) is 23.3. The van der Waals surface area contributed by atoms with Gasteiger partial charge in [0.2, 0.25) is 0 Å². The van der Waals surface area contributed by atoms with Crippen LogP contribution in [0.4, 0.5) is 0 Å². The molecule has 220 valence electrons. The van der Waals surface area contributed by atoms with Gasteiger partial charge in [-0.05, 0) is 19.3 Å². The van der Waals surface area contributed by atoms with E-state index in [9.17, 15) is 34.3 Å². The van der Waals surface area contributed by atoms with Crippen LogP contribution >= 0.6 is 7.82 Å². The van der Waals surface area contributed by atoms with Gasteiger partial charge >= 0.3 is 19.8 Å². The molecule has 13 heteroatoms. The number of phosphoric ester groups is 1. The fourth-order valence-corrected chi connectivity index (χ4v) is 4.73. The molecule has 0 amide bonds. The highest BCUT2D eigenvalue weighted by Gasteiger charge is 2.41. The molecule has 0 bridgehead atoms. The van der Waals surface area contributed by atoms with E-state index in [0.29, 0.717) is 19.3 Å². The van der Waals surface area contributed by atoms with Crippen molar-refractivity contribution in [2.24, 2.45) is 11.8 Å². The molecular weight excluding hydrogens is 523 g/mol. The Bertz CT molecular complexity index is 810. The first-order valence-corrected chi connectivity index (χ1v) is 14.6. The Kier molecular flexibility index (Phi) is 16.1. The van der Waals surface area contributed by atoms with Crippen LogP contribution in [0.1, 0.15) is 78.1 Å². The van der Waals surface area contributed by atoms with Gasteiger partial charge in [0.05, 0.1) is 24.9 Å². The van der Waals surface area contributed by atoms with Crippen molar-refractivity contribution in [2.75, 3.05) is 13.2 Å². The minimum absolute atomic E-state index is 0.0223. The number of ketones is 1. The van der Waals surface area contributed by atoms with Crippen LogP contribution in [0.25, 0.3) is 0 Å². The molecule has 1 saturated carbocycles. The Labute approximate surface area is 223 Å². The molecule has 12 nitrogen and oxygen atoms in total. The van der Waals surface area contributed by atoms with Gasteiger partial charge in [0, 0.05) is 44.4 Å². The van der Waals surface area contributed by atoms with E-state index in [1.54, 1.807) is 12.2 Å². The molecule has 1 rings (SSSR count). The Hall–Kier alpha value is -1.66. The molecule has 0 unspecified atom stereocenters. The first kappa shape index (κ1) is 34.4. The second-order valence-corrected chi connectivity index (χ2v) is 10.9. The summed E-state index contributed by atoms with van der Waals surface area (Å²) in [6.07, 6.45) is 4.62. The van der Waals surface area contributed by atoms with E-state index in [1.165, 1.54) is 0 Å². The number of carbonyl (C=O) groups excluding carboxylic acids is 3. The number of ether oxygens (including phenoxy) is 2. The van der Waals surface area contributed by atoms with Crippen molar-refractivity contribution in [1.82, 2.24) is 0 Å². The van der Waals surface area contributed by atoms with E-state index in [1.807, 2.05) is 0 Å². The van der Waals surface area contributed by atoms with Gasteiger partial charge in [-0.1, -0.05) is 38.3 Å². The van der Waals surface area contributed by atoms with Crippen molar-refractivity contribution >= 4 is 25.5 Å². The summed E-state index contributed by atoms with van der Waals surface area (Å²) in [5, 5.41) is 30.8. The molecule has 0 heterocycles. The zero-order valence-electron chi connectivity index (χ0n) is 22.1. The van der Waals surface area contributed by atoms with Crippen molar-refractivity contribution in [1.29, 1.82) is 0 Å². The third-order valence-electron chi connectivity index (χ3n) is 6.32. The lowest BCUT2D eigenvalue weighted by molar-refractivity contribution is -0.159. The summed E-state index contributed by atoms with van der Waals surface area (Å²) in [6.45, 7) is 2.07. The molecule has 1 aliphatic carbocycles. The van der Waals surface area contributed by atoms with Crippen LogP contribution in [0.2, 0.25) is 0 Å². The van der Waals surface area contributed by atoms with E-state index in [0.717, 1.165) is 26.2 Å². The van der Waals surface area contributed by atoms with Crippen molar-refractivity contribution in [3.05, 3.63) is 12.2 Å². The lowest BCUT2D eigenvalue weighted by atomic mass is 9.87. The molecule has 38 heavy (non-hydrogen) atoms. The molecule has 0 radical (unpaired) electrons. The van der Waals surface area contributed by atoms with Gasteiger partial charge in [-0.3, -0.25) is 18.9 Å². The number of rotatable bonds is 19. The number of aliphatic hydroxyl groups is 3. The van der Waals surface area contributed by atoms with Crippen molar-refractivity contribution in [3.63, 3.8) is 0 Å². The smallest absolute Gasteiger partial charge is 0.462 e. The Balaban J connectivity index is 2.41. The second-order valence-electron chi connectivity index (χ2n) is 9.71. The predicted octanol–water partition coefficient (Wildman–Crippen LogP) is 1.95. The molecule has 0 spiro atoms. The molecule has 6 atom stereocenters.